The first-order chi connectivity index (χ1) is 7.61. The Morgan fingerprint density at radius 3 is 2.94 bits per heavy atom. The summed E-state index contributed by atoms with van der Waals surface area (Å²) in [4.78, 5) is 11.3. The Morgan fingerprint density at radius 2 is 2.25 bits per heavy atom. The molecule has 0 aliphatic heterocycles. The number of carbonyl (C=O) groups excluding carboxylic acids is 1. The third-order valence-corrected chi connectivity index (χ3v) is 3.79. The Morgan fingerprint density at radius 1 is 1.50 bits per heavy atom. The molecule has 0 aliphatic rings. The largest absolute Gasteiger partial charge is 0.326 e. The molecule has 0 spiro atoms. The van der Waals surface area contributed by atoms with Gasteiger partial charge in [-0.1, -0.05) is 18.3 Å². The highest BCUT2D eigenvalue weighted by Gasteiger charge is 2.13. The molecule has 16 heavy (non-hydrogen) atoms. The minimum atomic E-state index is 0.0500. The van der Waals surface area contributed by atoms with Crippen molar-refractivity contribution in [3.05, 3.63) is 23.2 Å². The quantitative estimate of drug-likeness (QED) is 0.797. The zero-order valence-electron chi connectivity index (χ0n) is 9.70. The van der Waals surface area contributed by atoms with Crippen molar-refractivity contribution < 1.29 is 9.36 Å². The van der Waals surface area contributed by atoms with E-state index in [1.165, 1.54) is 9.71 Å². The summed E-state index contributed by atoms with van der Waals surface area (Å²) in [6.45, 7) is 3.94. The van der Waals surface area contributed by atoms with Crippen LogP contribution in [-0.4, -0.2) is 5.91 Å². The molecule has 2 aromatic rings. The number of anilines is 1. The summed E-state index contributed by atoms with van der Waals surface area (Å²) in [7, 11) is 2.04. The Balaban J connectivity index is 2.43. The molecule has 0 aliphatic carbocycles. The maximum Gasteiger partial charge on any atom is 0.234 e. The summed E-state index contributed by atoms with van der Waals surface area (Å²) in [5, 5.41) is 4.13. The van der Waals surface area contributed by atoms with Crippen LogP contribution in [0, 0.1) is 6.92 Å². The van der Waals surface area contributed by atoms with Gasteiger partial charge in [0.1, 0.15) is 11.7 Å². The third-order valence-electron chi connectivity index (χ3n) is 2.66. The van der Waals surface area contributed by atoms with Crippen molar-refractivity contribution in [1.82, 2.24) is 0 Å². The van der Waals surface area contributed by atoms with E-state index < -0.39 is 0 Å². The highest BCUT2D eigenvalue weighted by Crippen LogP contribution is 2.22. The van der Waals surface area contributed by atoms with Crippen molar-refractivity contribution in [2.75, 3.05) is 5.32 Å². The number of thiazole rings is 1. The summed E-state index contributed by atoms with van der Waals surface area (Å²) in [6, 6.07) is 6.02. The van der Waals surface area contributed by atoms with E-state index >= 15 is 0 Å². The molecule has 0 unspecified atom stereocenters. The fourth-order valence-electron chi connectivity index (χ4n) is 1.59. The summed E-state index contributed by atoms with van der Waals surface area (Å²) in [6.07, 6.45) is 0.507. The SMILES string of the molecule is CCC(=O)Nc1ccc2sc(C)[n+](C)c2c1. The van der Waals surface area contributed by atoms with Gasteiger partial charge in [0.15, 0.2) is 0 Å². The Hall–Kier alpha value is -1.42. The van der Waals surface area contributed by atoms with Gasteiger partial charge in [0.05, 0.1) is 0 Å². The standard InChI is InChI=1S/C12H14N2OS/c1-4-12(15)13-9-5-6-11-10(7-9)14(3)8(2)16-11/h5-7H,4H2,1-3H3/p+1. The number of amides is 1. The molecule has 3 nitrogen and oxygen atoms in total. The highest BCUT2D eigenvalue weighted by atomic mass is 32.1. The number of benzene rings is 1. The third kappa shape index (κ3) is 1.93. The topological polar surface area (TPSA) is 33.0 Å². The fraction of sp³-hybridized carbons (Fsp3) is 0.333. The molecule has 1 aromatic carbocycles. The summed E-state index contributed by atoms with van der Waals surface area (Å²) < 4.78 is 3.39. The van der Waals surface area contributed by atoms with Crippen molar-refractivity contribution in [3.8, 4) is 0 Å². The van der Waals surface area contributed by atoms with Crippen LogP contribution in [0.1, 0.15) is 18.4 Å². The number of nitrogens with zero attached hydrogens (tertiary/aromatic N) is 1. The van der Waals surface area contributed by atoms with E-state index in [9.17, 15) is 4.79 Å². The van der Waals surface area contributed by atoms with Crippen LogP contribution in [0.5, 0.6) is 0 Å². The molecule has 0 saturated heterocycles. The minimum Gasteiger partial charge on any atom is -0.326 e. The van der Waals surface area contributed by atoms with Crippen molar-refractivity contribution >= 4 is 33.1 Å². The lowest BCUT2D eigenvalue weighted by atomic mass is 10.3. The molecular weight excluding hydrogens is 220 g/mol. The molecule has 0 bridgehead atoms. The first-order valence-electron chi connectivity index (χ1n) is 5.31. The number of hydrogen-bond acceptors (Lipinski definition) is 2. The van der Waals surface area contributed by atoms with Gasteiger partial charge in [-0.2, -0.15) is 4.57 Å². The van der Waals surface area contributed by atoms with Crippen LogP contribution < -0.4 is 9.88 Å². The monoisotopic (exact) mass is 235 g/mol. The zero-order chi connectivity index (χ0) is 11.7. The lowest BCUT2D eigenvalue weighted by molar-refractivity contribution is -0.646. The van der Waals surface area contributed by atoms with Gasteiger partial charge in [0, 0.05) is 25.1 Å². The maximum atomic E-state index is 11.3. The molecule has 1 amide bonds. The van der Waals surface area contributed by atoms with Crippen LogP contribution in [0.15, 0.2) is 18.2 Å². The van der Waals surface area contributed by atoms with E-state index in [1.54, 1.807) is 11.3 Å². The molecule has 1 N–H and O–H groups in total. The van der Waals surface area contributed by atoms with Gasteiger partial charge in [-0.15, -0.1) is 0 Å². The molecule has 1 heterocycles. The number of hydrogen-bond donors (Lipinski definition) is 1. The van der Waals surface area contributed by atoms with E-state index in [0.717, 1.165) is 11.2 Å². The number of carbonyl (C=O) groups is 1. The number of nitrogens with one attached hydrogen (secondary N) is 1. The molecule has 84 valence electrons. The normalized spacial score (nSPS) is 10.7. The summed E-state index contributed by atoms with van der Waals surface area (Å²) >= 11 is 1.76. The molecule has 0 fully saturated rings. The second kappa shape index (κ2) is 4.22. The van der Waals surface area contributed by atoms with E-state index in [2.05, 4.69) is 22.9 Å². The molecule has 4 heteroatoms. The maximum absolute atomic E-state index is 11.3. The number of aromatic nitrogens is 1. The number of aryl methyl sites for hydroxylation is 2. The summed E-state index contributed by atoms with van der Waals surface area (Å²) in [5.41, 5.74) is 2.03. The fourth-order valence-corrected chi connectivity index (χ4v) is 2.58. The Labute approximate surface area is 98.7 Å². The predicted molar refractivity (Wildman–Crippen MR) is 66.7 cm³/mol. The average molecular weight is 235 g/mol. The second-order valence-electron chi connectivity index (χ2n) is 3.76. The smallest absolute Gasteiger partial charge is 0.234 e. The van der Waals surface area contributed by atoms with E-state index in [-0.39, 0.29) is 5.91 Å². The van der Waals surface area contributed by atoms with Crippen LogP contribution in [0.25, 0.3) is 10.2 Å². The second-order valence-corrected chi connectivity index (χ2v) is 5.00. The highest BCUT2D eigenvalue weighted by molar-refractivity contribution is 7.18. The molecular formula is C12H15N2OS+. The zero-order valence-corrected chi connectivity index (χ0v) is 10.5. The minimum absolute atomic E-state index is 0.0500. The Kier molecular flexibility index (Phi) is 2.92. The summed E-state index contributed by atoms with van der Waals surface area (Å²) in [5.74, 6) is 0.0500. The van der Waals surface area contributed by atoms with Gasteiger partial charge < -0.3 is 5.32 Å². The molecule has 0 radical (unpaired) electrons. The first-order valence-corrected chi connectivity index (χ1v) is 6.12. The van der Waals surface area contributed by atoms with Crippen LogP contribution >= 0.6 is 11.3 Å². The van der Waals surface area contributed by atoms with Gasteiger partial charge in [0.25, 0.3) is 0 Å². The molecule has 2 rings (SSSR count). The molecule has 0 saturated carbocycles. The van der Waals surface area contributed by atoms with Gasteiger partial charge in [0.2, 0.25) is 16.4 Å². The molecule has 0 atom stereocenters. The van der Waals surface area contributed by atoms with Crippen LogP contribution in [0.3, 0.4) is 0 Å². The first kappa shape index (κ1) is 11.1. The lowest BCUT2D eigenvalue weighted by Crippen LogP contribution is -2.28. The van der Waals surface area contributed by atoms with Crippen LogP contribution in [0.4, 0.5) is 5.69 Å². The predicted octanol–water partition coefficient (Wildman–Crippen LogP) is 2.38. The van der Waals surface area contributed by atoms with Gasteiger partial charge >= 0.3 is 0 Å². The van der Waals surface area contributed by atoms with Gasteiger partial charge in [-0.25, -0.2) is 0 Å². The Bertz CT molecular complexity index is 545. The average Bonchev–Trinajstić information content (AvgIpc) is 2.55. The van der Waals surface area contributed by atoms with Crippen LogP contribution in [0.2, 0.25) is 0 Å². The number of rotatable bonds is 2. The van der Waals surface area contributed by atoms with Crippen molar-refractivity contribution in [2.24, 2.45) is 7.05 Å². The van der Waals surface area contributed by atoms with E-state index in [0.29, 0.717) is 6.42 Å². The van der Waals surface area contributed by atoms with E-state index in [1.807, 2.05) is 26.1 Å². The lowest BCUT2D eigenvalue weighted by Gasteiger charge is -2.01. The van der Waals surface area contributed by atoms with Crippen LogP contribution in [-0.2, 0) is 11.8 Å². The molecule has 1 aromatic heterocycles. The van der Waals surface area contributed by atoms with Crippen molar-refractivity contribution in [1.29, 1.82) is 0 Å². The van der Waals surface area contributed by atoms with E-state index in [4.69, 9.17) is 0 Å². The van der Waals surface area contributed by atoms with Gasteiger partial charge in [-0.3, -0.25) is 4.79 Å². The number of fused-ring (bicyclic) bond motifs is 1. The van der Waals surface area contributed by atoms with Crippen molar-refractivity contribution in [2.45, 2.75) is 20.3 Å². The van der Waals surface area contributed by atoms with Gasteiger partial charge in [-0.05, 0) is 12.1 Å². The van der Waals surface area contributed by atoms with Crippen molar-refractivity contribution in [3.63, 3.8) is 0 Å².